The number of ether oxygens (including phenoxy) is 2. The first kappa shape index (κ1) is 22.4. The molecule has 0 amide bonds. The molecular weight excluding hydrogens is 380 g/mol. The van der Waals surface area contributed by atoms with Crippen LogP contribution in [0.25, 0.3) is 0 Å². The summed E-state index contributed by atoms with van der Waals surface area (Å²) in [5.74, 6) is 0.642. The number of furan rings is 1. The Balaban J connectivity index is 1.95. The lowest BCUT2D eigenvalue weighted by Gasteiger charge is -2.53. The molecule has 1 saturated carbocycles. The lowest BCUT2D eigenvalue weighted by molar-refractivity contribution is -0.188. The molecule has 1 heterocycles. The molecule has 0 radical (unpaired) electrons. The predicted molar refractivity (Wildman–Crippen MR) is 115 cm³/mol. The lowest BCUT2D eigenvalue weighted by Crippen LogP contribution is -2.57. The summed E-state index contributed by atoms with van der Waals surface area (Å²) in [6, 6.07) is 0. The smallest absolute Gasteiger partial charge is 0.333 e. The third-order valence-corrected chi connectivity index (χ3v) is 7.54. The normalized spacial score (nSPS) is 31.6. The Morgan fingerprint density at radius 1 is 1.13 bits per heavy atom. The molecule has 164 valence electrons. The van der Waals surface area contributed by atoms with Gasteiger partial charge in [-0.1, -0.05) is 26.0 Å². The van der Waals surface area contributed by atoms with Crippen LogP contribution in [0, 0.1) is 24.2 Å². The average Bonchev–Trinajstić information content (AvgIpc) is 3.07. The SMILES string of the molecule is CC=C(C)C(=O)OC1CC2Cc3occ(C)c3CC2(C)C(C)C1OC(=O)C(C)=CC. The van der Waals surface area contributed by atoms with Crippen molar-refractivity contribution < 1.29 is 23.5 Å². The van der Waals surface area contributed by atoms with Gasteiger partial charge in [-0.3, -0.25) is 0 Å². The van der Waals surface area contributed by atoms with Gasteiger partial charge in [0.15, 0.2) is 0 Å². The van der Waals surface area contributed by atoms with Crippen LogP contribution in [0.4, 0.5) is 0 Å². The van der Waals surface area contributed by atoms with E-state index < -0.39 is 12.2 Å². The molecule has 5 heteroatoms. The van der Waals surface area contributed by atoms with Crippen LogP contribution in [0.1, 0.15) is 64.9 Å². The first-order valence-corrected chi connectivity index (χ1v) is 10.9. The van der Waals surface area contributed by atoms with Gasteiger partial charge in [0.2, 0.25) is 0 Å². The summed E-state index contributed by atoms with van der Waals surface area (Å²) in [7, 11) is 0. The van der Waals surface area contributed by atoms with Crippen LogP contribution in [0.5, 0.6) is 0 Å². The maximum atomic E-state index is 12.6. The molecule has 5 nitrogen and oxygen atoms in total. The summed E-state index contributed by atoms with van der Waals surface area (Å²) in [4.78, 5) is 25.2. The summed E-state index contributed by atoms with van der Waals surface area (Å²) in [6.07, 6.45) is 6.68. The van der Waals surface area contributed by atoms with E-state index in [1.807, 2.05) is 20.1 Å². The minimum Gasteiger partial charge on any atom is -0.469 e. The van der Waals surface area contributed by atoms with Gasteiger partial charge in [0.1, 0.15) is 18.0 Å². The zero-order valence-corrected chi connectivity index (χ0v) is 19.2. The van der Waals surface area contributed by atoms with Crippen molar-refractivity contribution in [3.05, 3.63) is 46.4 Å². The molecule has 0 bridgehead atoms. The van der Waals surface area contributed by atoms with Crippen molar-refractivity contribution in [2.24, 2.45) is 17.3 Å². The third kappa shape index (κ3) is 3.86. The van der Waals surface area contributed by atoms with E-state index in [1.54, 1.807) is 26.0 Å². The highest BCUT2D eigenvalue weighted by Crippen LogP contribution is 2.54. The highest BCUT2D eigenvalue weighted by molar-refractivity contribution is 5.88. The van der Waals surface area contributed by atoms with Crippen LogP contribution < -0.4 is 0 Å². The van der Waals surface area contributed by atoms with E-state index in [1.165, 1.54) is 11.1 Å². The lowest BCUT2D eigenvalue weighted by atomic mass is 9.54. The molecule has 5 atom stereocenters. The maximum absolute atomic E-state index is 12.6. The Kier molecular flexibility index (Phi) is 6.30. The van der Waals surface area contributed by atoms with Crippen molar-refractivity contribution in [3.63, 3.8) is 0 Å². The molecule has 1 aromatic rings. The van der Waals surface area contributed by atoms with Crippen LogP contribution in [-0.2, 0) is 31.9 Å². The van der Waals surface area contributed by atoms with Gasteiger partial charge < -0.3 is 13.9 Å². The molecule has 0 spiro atoms. The molecular formula is C25H34O5. The van der Waals surface area contributed by atoms with Gasteiger partial charge in [-0.2, -0.15) is 0 Å². The van der Waals surface area contributed by atoms with E-state index in [9.17, 15) is 9.59 Å². The number of hydrogen-bond donors (Lipinski definition) is 0. The van der Waals surface area contributed by atoms with Gasteiger partial charge >= 0.3 is 11.9 Å². The number of esters is 2. The average molecular weight is 415 g/mol. The number of fused-ring (bicyclic) bond motifs is 2. The molecule has 1 fully saturated rings. The Morgan fingerprint density at radius 2 is 1.73 bits per heavy atom. The fourth-order valence-electron chi connectivity index (χ4n) is 4.89. The third-order valence-electron chi connectivity index (χ3n) is 7.54. The predicted octanol–water partition coefficient (Wildman–Crippen LogP) is 5.10. The zero-order valence-electron chi connectivity index (χ0n) is 19.2. The number of allylic oxidation sites excluding steroid dienone is 2. The topological polar surface area (TPSA) is 65.7 Å². The first-order valence-electron chi connectivity index (χ1n) is 10.9. The fraction of sp³-hybridized carbons (Fsp3) is 0.600. The number of hydrogen-bond acceptors (Lipinski definition) is 5. The van der Waals surface area contributed by atoms with E-state index in [0.717, 1.165) is 18.6 Å². The fourth-order valence-corrected chi connectivity index (χ4v) is 4.89. The van der Waals surface area contributed by atoms with Crippen LogP contribution in [0.2, 0.25) is 0 Å². The number of rotatable bonds is 4. The van der Waals surface area contributed by atoms with E-state index in [4.69, 9.17) is 13.9 Å². The molecule has 2 aliphatic rings. The molecule has 0 aliphatic heterocycles. The molecule has 0 N–H and O–H groups in total. The van der Waals surface area contributed by atoms with E-state index in [-0.39, 0.29) is 29.2 Å². The second-order valence-electron chi connectivity index (χ2n) is 9.19. The molecule has 0 saturated heterocycles. The van der Waals surface area contributed by atoms with Gasteiger partial charge in [-0.05, 0) is 69.9 Å². The molecule has 5 unspecified atom stereocenters. The summed E-state index contributed by atoms with van der Waals surface area (Å²) < 4.78 is 17.7. The quantitative estimate of drug-likeness (QED) is 0.506. The molecule has 30 heavy (non-hydrogen) atoms. The first-order chi connectivity index (χ1) is 14.1. The van der Waals surface area contributed by atoms with Crippen molar-refractivity contribution in [2.45, 2.75) is 79.9 Å². The van der Waals surface area contributed by atoms with Gasteiger partial charge in [-0.15, -0.1) is 0 Å². The van der Waals surface area contributed by atoms with E-state index in [0.29, 0.717) is 17.6 Å². The second-order valence-corrected chi connectivity index (χ2v) is 9.19. The molecule has 3 rings (SSSR count). The van der Waals surface area contributed by atoms with Crippen molar-refractivity contribution in [1.29, 1.82) is 0 Å². The van der Waals surface area contributed by atoms with E-state index in [2.05, 4.69) is 20.8 Å². The Labute approximate surface area is 179 Å². The van der Waals surface area contributed by atoms with Gasteiger partial charge in [0.25, 0.3) is 0 Å². The Bertz CT molecular complexity index is 889. The van der Waals surface area contributed by atoms with Crippen molar-refractivity contribution >= 4 is 11.9 Å². The van der Waals surface area contributed by atoms with Crippen molar-refractivity contribution in [2.75, 3.05) is 0 Å². The van der Waals surface area contributed by atoms with E-state index >= 15 is 0 Å². The van der Waals surface area contributed by atoms with Gasteiger partial charge in [0, 0.05) is 23.5 Å². The van der Waals surface area contributed by atoms with Crippen LogP contribution in [0.3, 0.4) is 0 Å². The number of carbonyl (C=O) groups excluding carboxylic acids is 2. The van der Waals surface area contributed by atoms with Crippen LogP contribution in [0.15, 0.2) is 34.0 Å². The standard InChI is InChI=1S/C25H34O5/c1-8-14(3)23(26)29-21-11-18-10-20-19(16(5)13-28-20)12-25(18,7)17(6)22(21)30-24(27)15(4)9-2/h8-9,13,17-18,21-22H,10-12H2,1-7H3. The highest BCUT2D eigenvalue weighted by atomic mass is 16.6. The number of aryl methyl sites for hydroxylation is 1. The minimum atomic E-state index is -0.490. The van der Waals surface area contributed by atoms with Crippen molar-refractivity contribution in [3.8, 4) is 0 Å². The summed E-state index contributed by atoms with van der Waals surface area (Å²) >= 11 is 0. The largest absolute Gasteiger partial charge is 0.469 e. The Hall–Kier alpha value is -2.30. The monoisotopic (exact) mass is 414 g/mol. The Morgan fingerprint density at radius 3 is 2.33 bits per heavy atom. The molecule has 2 aliphatic carbocycles. The summed E-state index contributed by atoms with van der Waals surface area (Å²) in [6.45, 7) is 13.6. The maximum Gasteiger partial charge on any atom is 0.333 e. The van der Waals surface area contributed by atoms with Gasteiger partial charge in [0.05, 0.1) is 6.26 Å². The summed E-state index contributed by atoms with van der Waals surface area (Å²) in [5.41, 5.74) is 3.48. The van der Waals surface area contributed by atoms with Crippen LogP contribution >= 0.6 is 0 Å². The minimum absolute atomic E-state index is 0.0241. The van der Waals surface area contributed by atoms with Crippen molar-refractivity contribution in [1.82, 2.24) is 0 Å². The van der Waals surface area contributed by atoms with Crippen LogP contribution in [-0.4, -0.2) is 24.1 Å². The number of carbonyl (C=O) groups is 2. The highest BCUT2D eigenvalue weighted by Gasteiger charge is 2.55. The second kappa shape index (κ2) is 8.44. The zero-order chi connectivity index (χ0) is 22.2. The molecule has 1 aromatic heterocycles. The van der Waals surface area contributed by atoms with Gasteiger partial charge in [-0.25, -0.2) is 9.59 Å². The molecule has 0 aromatic carbocycles. The summed E-state index contributed by atoms with van der Waals surface area (Å²) in [5, 5.41) is 0.